The van der Waals surface area contributed by atoms with E-state index in [0.717, 1.165) is 15.8 Å². The van der Waals surface area contributed by atoms with E-state index in [9.17, 15) is 4.79 Å². The van der Waals surface area contributed by atoms with Crippen LogP contribution in [0.3, 0.4) is 0 Å². The lowest BCUT2D eigenvalue weighted by molar-refractivity contribution is 0.0938. The van der Waals surface area contributed by atoms with E-state index in [1.807, 2.05) is 47.8 Å². The Balaban J connectivity index is 1.66. The number of rotatable bonds is 4. The van der Waals surface area contributed by atoms with Crippen LogP contribution in [0.4, 0.5) is 5.13 Å². The third-order valence-electron chi connectivity index (χ3n) is 3.60. The van der Waals surface area contributed by atoms with Gasteiger partial charge in [-0.15, -0.1) is 21.5 Å². The predicted octanol–water partition coefficient (Wildman–Crippen LogP) is 3.18. The van der Waals surface area contributed by atoms with Crippen molar-refractivity contribution in [1.82, 2.24) is 20.5 Å². The first-order chi connectivity index (χ1) is 11.7. The fraction of sp³-hybridized carbons (Fsp3) is 0.0625. The summed E-state index contributed by atoms with van der Waals surface area (Å²) in [7, 11) is 0. The van der Waals surface area contributed by atoms with Gasteiger partial charge in [0, 0.05) is 0 Å². The van der Waals surface area contributed by atoms with E-state index in [1.54, 1.807) is 11.3 Å². The molecule has 1 amide bonds. The van der Waals surface area contributed by atoms with Gasteiger partial charge in [0.05, 0.1) is 10.2 Å². The van der Waals surface area contributed by atoms with Crippen molar-refractivity contribution in [1.29, 1.82) is 0 Å². The van der Waals surface area contributed by atoms with Gasteiger partial charge in [-0.1, -0.05) is 41.7 Å². The second kappa shape index (κ2) is 6.06. The zero-order chi connectivity index (χ0) is 16.5. The summed E-state index contributed by atoms with van der Waals surface area (Å²) in [4.78, 5) is 15.8. The molecular formula is C16H13N5OS2. The maximum atomic E-state index is 12.7. The quantitative estimate of drug-likeness (QED) is 0.524. The van der Waals surface area contributed by atoms with E-state index in [4.69, 9.17) is 5.73 Å². The fourth-order valence-electron chi connectivity index (χ4n) is 2.48. The van der Waals surface area contributed by atoms with Crippen molar-refractivity contribution < 1.29 is 4.79 Å². The number of anilines is 1. The maximum Gasteiger partial charge on any atom is 0.268 e. The van der Waals surface area contributed by atoms with E-state index < -0.39 is 6.04 Å². The van der Waals surface area contributed by atoms with Gasteiger partial charge in [0.15, 0.2) is 0 Å². The van der Waals surface area contributed by atoms with Gasteiger partial charge in [-0.25, -0.2) is 0 Å². The minimum atomic E-state index is -0.394. The van der Waals surface area contributed by atoms with E-state index in [1.165, 1.54) is 11.3 Å². The van der Waals surface area contributed by atoms with Crippen LogP contribution in [0.2, 0.25) is 0 Å². The molecule has 0 bridgehead atoms. The molecule has 4 aromatic rings. The summed E-state index contributed by atoms with van der Waals surface area (Å²) in [6.07, 6.45) is 0. The predicted molar refractivity (Wildman–Crippen MR) is 96.2 cm³/mol. The number of aromatic nitrogens is 3. The molecule has 0 spiro atoms. The highest BCUT2D eigenvalue weighted by molar-refractivity contribution is 7.17. The second-order valence-electron chi connectivity index (χ2n) is 5.18. The summed E-state index contributed by atoms with van der Waals surface area (Å²) in [5.74, 6) is -0.193. The molecule has 8 heteroatoms. The summed E-state index contributed by atoms with van der Waals surface area (Å²) < 4.78 is 1.05. The van der Waals surface area contributed by atoms with Gasteiger partial charge >= 0.3 is 0 Å². The number of carbonyl (C=O) groups excluding carboxylic acids is 1. The molecule has 0 aliphatic rings. The van der Waals surface area contributed by atoms with Crippen molar-refractivity contribution >= 4 is 43.9 Å². The number of carbonyl (C=O) groups is 1. The SMILES string of the molecule is Nc1nnc(C(NC(=O)c2cc3sccc3[nH]2)c2ccccc2)s1. The fourth-order valence-corrected chi connectivity index (χ4v) is 3.95. The van der Waals surface area contributed by atoms with E-state index in [0.29, 0.717) is 15.8 Å². The number of nitrogens with one attached hydrogen (secondary N) is 2. The Morgan fingerprint density at radius 3 is 2.75 bits per heavy atom. The van der Waals surface area contributed by atoms with Crippen LogP contribution in [-0.2, 0) is 0 Å². The first kappa shape index (κ1) is 14.9. The van der Waals surface area contributed by atoms with Crippen molar-refractivity contribution in [3.63, 3.8) is 0 Å². The van der Waals surface area contributed by atoms with Crippen LogP contribution in [0.5, 0.6) is 0 Å². The molecule has 6 nitrogen and oxygen atoms in total. The second-order valence-corrected chi connectivity index (χ2v) is 7.17. The molecular weight excluding hydrogens is 342 g/mol. The Bertz CT molecular complexity index is 960. The summed E-state index contributed by atoms with van der Waals surface area (Å²) >= 11 is 2.86. The largest absolute Gasteiger partial charge is 0.374 e. The normalized spacial score (nSPS) is 12.3. The first-order valence-corrected chi connectivity index (χ1v) is 8.91. The topological polar surface area (TPSA) is 96.7 Å². The standard InChI is InChI=1S/C16H13N5OS2/c17-16-21-20-15(24-16)13(9-4-2-1-3-5-9)19-14(22)11-8-12-10(18-11)6-7-23-12/h1-8,13,18H,(H2,17,21)(H,19,22). The van der Waals surface area contributed by atoms with Gasteiger partial charge in [-0.05, 0) is 23.1 Å². The van der Waals surface area contributed by atoms with Gasteiger partial charge in [0.25, 0.3) is 5.91 Å². The molecule has 0 radical (unpaired) electrons. The highest BCUT2D eigenvalue weighted by atomic mass is 32.1. The first-order valence-electron chi connectivity index (χ1n) is 7.21. The molecule has 3 aromatic heterocycles. The van der Waals surface area contributed by atoms with E-state index in [-0.39, 0.29) is 5.91 Å². The van der Waals surface area contributed by atoms with Crippen LogP contribution in [-0.4, -0.2) is 21.1 Å². The van der Waals surface area contributed by atoms with Crippen molar-refractivity contribution in [2.45, 2.75) is 6.04 Å². The van der Waals surface area contributed by atoms with Crippen molar-refractivity contribution in [2.75, 3.05) is 5.73 Å². The molecule has 4 rings (SSSR count). The average Bonchev–Trinajstić information content (AvgIpc) is 3.29. The monoisotopic (exact) mass is 355 g/mol. The molecule has 1 aromatic carbocycles. The van der Waals surface area contributed by atoms with Gasteiger partial charge in [0.1, 0.15) is 16.7 Å². The summed E-state index contributed by atoms with van der Waals surface area (Å²) in [6.45, 7) is 0. The van der Waals surface area contributed by atoms with Gasteiger partial charge in [-0.2, -0.15) is 0 Å². The molecule has 1 atom stereocenters. The van der Waals surface area contributed by atoms with Crippen molar-refractivity contribution in [3.8, 4) is 0 Å². The molecule has 0 aliphatic heterocycles. The smallest absolute Gasteiger partial charge is 0.268 e. The minimum Gasteiger partial charge on any atom is -0.374 e. The van der Waals surface area contributed by atoms with Crippen LogP contribution >= 0.6 is 22.7 Å². The van der Waals surface area contributed by atoms with Gasteiger partial charge in [0.2, 0.25) is 5.13 Å². The Morgan fingerprint density at radius 2 is 2.04 bits per heavy atom. The maximum absolute atomic E-state index is 12.7. The summed E-state index contributed by atoms with van der Waals surface area (Å²) in [6, 6.07) is 13.1. The van der Waals surface area contributed by atoms with Crippen LogP contribution in [0.1, 0.15) is 27.1 Å². The lowest BCUT2D eigenvalue weighted by Crippen LogP contribution is -2.29. The number of amides is 1. The Hall–Kier alpha value is -2.71. The summed E-state index contributed by atoms with van der Waals surface area (Å²) in [5.41, 5.74) is 8.11. The van der Waals surface area contributed by atoms with Crippen LogP contribution < -0.4 is 11.1 Å². The molecule has 0 aliphatic carbocycles. The van der Waals surface area contributed by atoms with Crippen molar-refractivity contribution in [3.05, 3.63) is 64.1 Å². The van der Waals surface area contributed by atoms with Gasteiger partial charge < -0.3 is 16.0 Å². The number of H-pyrrole nitrogens is 1. The van der Waals surface area contributed by atoms with Crippen LogP contribution in [0.15, 0.2) is 47.8 Å². The number of aromatic amines is 1. The number of benzene rings is 1. The Kier molecular flexibility index (Phi) is 3.75. The van der Waals surface area contributed by atoms with Gasteiger partial charge in [-0.3, -0.25) is 4.79 Å². The lowest BCUT2D eigenvalue weighted by Gasteiger charge is -2.16. The Labute approximate surface area is 145 Å². The number of hydrogen-bond acceptors (Lipinski definition) is 6. The third-order valence-corrected chi connectivity index (χ3v) is 5.28. The zero-order valence-corrected chi connectivity index (χ0v) is 14.0. The number of nitrogens with two attached hydrogens (primary N) is 1. The number of nitrogen functional groups attached to an aromatic ring is 1. The molecule has 1 unspecified atom stereocenters. The number of hydrogen-bond donors (Lipinski definition) is 3. The molecule has 0 fully saturated rings. The summed E-state index contributed by atoms with van der Waals surface area (Å²) in [5, 5.41) is 14.0. The number of nitrogens with zero attached hydrogens (tertiary/aromatic N) is 2. The molecule has 0 saturated carbocycles. The minimum absolute atomic E-state index is 0.193. The highest BCUT2D eigenvalue weighted by Crippen LogP contribution is 2.27. The molecule has 0 saturated heterocycles. The zero-order valence-electron chi connectivity index (χ0n) is 12.4. The molecule has 24 heavy (non-hydrogen) atoms. The molecule has 3 heterocycles. The van der Waals surface area contributed by atoms with Crippen LogP contribution in [0.25, 0.3) is 10.2 Å². The van der Waals surface area contributed by atoms with E-state index in [2.05, 4.69) is 20.5 Å². The number of fused-ring (bicyclic) bond motifs is 1. The Morgan fingerprint density at radius 1 is 1.21 bits per heavy atom. The highest BCUT2D eigenvalue weighted by Gasteiger charge is 2.22. The average molecular weight is 355 g/mol. The lowest BCUT2D eigenvalue weighted by atomic mass is 10.1. The molecule has 4 N–H and O–H groups in total. The molecule has 120 valence electrons. The number of thiophene rings is 1. The van der Waals surface area contributed by atoms with Crippen LogP contribution in [0, 0.1) is 0 Å². The van der Waals surface area contributed by atoms with Crippen molar-refractivity contribution in [2.24, 2.45) is 0 Å². The van der Waals surface area contributed by atoms with E-state index >= 15 is 0 Å². The third kappa shape index (κ3) is 2.77.